The molecule has 0 amide bonds. The molecule has 0 radical (unpaired) electrons. The maximum atomic E-state index is 13.8. The van der Waals surface area contributed by atoms with Gasteiger partial charge in [0.2, 0.25) is 5.95 Å². The van der Waals surface area contributed by atoms with Gasteiger partial charge in [0.15, 0.2) is 9.35 Å². The maximum Gasteiger partial charge on any atom is 0.218 e. The number of nitrogens with zero attached hydrogens (tertiary/aromatic N) is 5. The van der Waals surface area contributed by atoms with Crippen molar-refractivity contribution in [1.29, 1.82) is 0 Å². The van der Waals surface area contributed by atoms with Crippen molar-refractivity contribution >= 4 is 45.4 Å². The monoisotopic (exact) mass is 403 g/mol. The highest BCUT2D eigenvalue weighted by molar-refractivity contribution is 14.1. The van der Waals surface area contributed by atoms with Crippen LogP contribution >= 0.6 is 34.2 Å². The lowest BCUT2D eigenvalue weighted by atomic mass is 10.1. The predicted molar refractivity (Wildman–Crippen MR) is 81.1 cm³/mol. The minimum absolute atomic E-state index is 0.272. The summed E-state index contributed by atoms with van der Waals surface area (Å²) in [5.41, 5.74) is 1.61. The van der Waals surface area contributed by atoms with Crippen molar-refractivity contribution in [2.45, 2.75) is 13.0 Å². The van der Waals surface area contributed by atoms with Crippen LogP contribution in [0.5, 0.6) is 0 Å². The zero-order valence-electron chi connectivity index (χ0n) is 10.3. The molecule has 0 saturated carbocycles. The molecule has 3 heterocycles. The third-order valence-electron chi connectivity index (χ3n) is 2.94. The molecule has 3 aromatic heterocycles. The molecule has 102 valence electrons. The number of halogens is 3. The lowest BCUT2D eigenvalue weighted by Gasteiger charge is -2.13. The molecular formula is C12H8ClFIN5. The van der Waals surface area contributed by atoms with E-state index >= 15 is 0 Å². The summed E-state index contributed by atoms with van der Waals surface area (Å²) in [5, 5.41) is 4.65. The fourth-order valence-corrected chi connectivity index (χ4v) is 2.71. The van der Waals surface area contributed by atoms with Gasteiger partial charge in [-0.1, -0.05) is 17.7 Å². The Morgan fingerprint density at radius 2 is 2.20 bits per heavy atom. The lowest BCUT2D eigenvalue weighted by molar-refractivity contribution is 0.507. The van der Waals surface area contributed by atoms with Gasteiger partial charge < -0.3 is 0 Å². The van der Waals surface area contributed by atoms with Crippen molar-refractivity contribution in [2.24, 2.45) is 0 Å². The SMILES string of the molecule is CC(c1cccnc1F)n1nc(I)c2ncc(Cl)nc21. The summed E-state index contributed by atoms with van der Waals surface area (Å²) in [7, 11) is 0. The first-order valence-electron chi connectivity index (χ1n) is 5.74. The number of fused-ring (bicyclic) bond motifs is 1. The van der Waals surface area contributed by atoms with Crippen molar-refractivity contribution in [3.8, 4) is 0 Å². The summed E-state index contributed by atoms with van der Waals surface area (Å²) in [5.74, 6) is -0.520. The van der Waals surface area contributed by atoms with Crippen LogP contribution < -0.4 is 0 Å². The number of hydrogen-bond donors (Lipinski definition) is 0. The zero-order valence-corrected chi connectivity index (χ0v) is 13.2. The first kappa shape index (κ1) is 13.6. The van der Waals surface area contributed by atoms with E-state index in [9.17, 15) is 4.39 Å². The summed E-state index contributed by atoms with van der Waals surface area (Å²) in [6, 6.07) is 3.00. The largest absolute Gasteiger partial charge is 0.247 e. The van der Waals surface area contributed by atoms with Crippen LogP contribution in [0.4, 0.5) is 4.39 Å². The Morgan fingerprint density at radius 3 is 2.95 bits per heavy atom. The standard InChI is InChI=1S/C12H8ClFIN5/c1-6(7-3-2-4-16-10(7)14)20-12-9(11(15)19-20)17-5-8(13)18-12/h2-6H,1H3. The predicted octanol–water partition coefficient (Wildman–Crippen LogP) is 3.23. The van der Waals surface area contributed by atoms with E-state index < -0.39 is 5.95 Å². The Balaban J connectivity index is 2.19. The minimum atomic E-state index is -0.520. The van der Waals surface area contributed by atoms with Crippen LogP contribution in [0.1, 0.15) is 18.5 Å². The Hall–Kier alpha value is -1.35. The van der Waals surface area contributed by atoms with Gasteiger partial charge >= 0.3 is 0 Å². The first-order valence-corrected chi connectivity index (χ1v) is 7.20. The molecule has 3 rings (SSSR count). The van der Waals surface area contributed by atoms with Crippen LogP contribution in [0.3, 0.4) is 0 Å². The van der Waals surface area contributed by atoms with Crippen LogP contribution in [0, 0.1) is 9.65 Å². The van der Waals surface area contributed by atoms with E-state index in [4.69, 9.17) is 11.6 Å². The molecule has 0 aliphatic carbocycles. The van der Waals surface area contributed by atoms with Crippen LogP contribution in [0.15, 0.2) is 24.5 Å². The summed E-state index contributed by atoms with van der Waals surface area (Å²) in [4.78, 5) is 12.1. The fraction of sp³-hybridized carbons (Fsp3) is 0.167. The zero-order chi connectivity index (χ0) is 14.3. The molecular weight excluding hydrogens is 396 g/mol. The smallest absolute Gasteiger partial charge is 0.218 e. The van der Waals surface area contributed by atoms with Gasteiger partial charge in [0.1, 0.15) is 10.7 Å². The summed E-state index contributed by atoms with van der Waals surface area (Å²) in [6.07, 6.45) is 2.88. The van der Waals surface area contributed by atoms with Crippen LogP contribution in [0.2, 0.25) is 5.15 Å². The molecule has 20 heavy (non-hydrogen) atoms. The molecule has 1 unspecified atom stereocenters. The molecule has 0 N–H and O–H groups in total. The van der Waals surface area contributed by atoms with E-state index in [0.29, 0.717) is 20.4 Å². The normalized spacial score (nSPS) is 12.8. The fourth-order valence-electron chi connectivity index (χ4n) is 1.96. The second-order valence-corrected chi connectivity index (χ2v) is 5.57. The van der Waals surface area contributed by atoms with Gasteiger partial charge in [-0.2, -0.15) is 9.49 Å². The van der Waals surface area contributed by atoms with E-state index in [0.717, 1.165) is 0 Å². The van der Waals surface area contributed by atoms with Crippen molar-refractivity contribution in [3.63, 3.8) is 0 Å². The van der Waals surface area contributed by atoms with Gasteiger partial charge in [0, 0.05) is 11.8 Å². The van der Waals surface area contributed by atoms with Crippen LogP contribution in [0.25, 0.3) is 11.2 Å². The highest BCUT2D eigenvalue weighted by Crippen LogP contribution is 2.25. The van der Waals surface area contributed by atoms with Gasteiger partial charge in [0.25, 0.3) is 0 Å². The molecule has 3 aromatic rings. The summed E-state index contributed by atoms with van der Waals surface area (Å²) in [6.45, 7) is 1.82. The van der Waals surface area contributed by atoms with Gasteiger partial charge in [0.05, 0.1) is 12.2 Å². The molecule has 0 aromatic carbocycles. The van der Waals surface area contributed by atoms with Gasteiger partial charge in [-0.05, 0) is 35.6 Å². The third-order valence-corrected chi connectivity index (χ3v) is 3.85. The van der Waals surface area contributed by atoms with Crippen molar-refractivity contribution in [3.05, 3.63) is 44.9 Å². The Morgan fingerprint density at radius 1 is 1.40 bits per heavy atom. The van der Waals surface area contributed by atoms with Crippen molar-refractivity contribution in [2.75, 3.05) is 0 Å². The average molecular weight is 404 g/mol. The second kappa shape index (κ2) is 5.21. The molecule has 0 aliphatic rings. The Bertz CT molecular complexity index is 791. The molecule has 0 spiro atoms. The summed E-state index contributed by atoms with van der Waals surface area (Å²) < 4.78 is 16.1. The topological polar surface area (TPSA) is 56.5 Å². The van der Waals surface area contributed by atoms with Gasteiger partial charge in [-0.25, -0.2) is 19.6 Å². The minimum Gasteiger partial charge on any atom is -0.247 e. The molecule has 0 fully saturated rings. The van der Waals surface area contributed by atoms with E-state index in [1.807, 2.05) is 6.92 Å². The van der Waals surface area contributed by atoms with E-state index in [2.05, 4.69) is 42.6 Å². The van der Waals surface area contributed by atoms with Gasteiger partial charge in [-0.3, -0.25) is 0 Å². The molecule has 8 heteroatoms. The molecule has 0 saturated heterocycles. The van der Waals surface area contributed by atoms with Crippen molar-refractivity contribution < 1.29 is 4.39 Å². The third kappa shape index (κ3) is 2.24. The van der Waals surface area contributed by atoms with E-state index in [1.165, 1.54) is 12.4 Å². The average Bonchev–Trinajstić information content (AvgIpc) is 2.75. The quantitative estimate of drug-likeness (QED) is 0.487. The second-order valence-electron chi connectivity index (χ2n) is 4.16. The number of rotatable bonds is 2. The molecule has 5 nitrogen and oxygen atoms in total. The Kier molecular flexibility index (Phi) is 3.55. The number of hydrogen-bond acceptors (Lipinski definition) is 4. The number of aromatic nitrogens is 5. The lowest BCUT2D eigenvalue weighted by Crippen LogP contribution is -2.11. The highest BCUT2D eigenvalue weighted by Gasteiger charge is 2.20. The van der Waals surface area contributed by atoms with E-state index in [1.54, 1.807) is 16.8 Å². The van der Waals surface area contributed by atoms with Crippen molar-refractivity contribution in [1.82, 2.24) is 24.7 Å². The Labute approximate surface area is 132 Å². The van der Waals surface area contributed by atoms with Crippen LogP contribution in [-0.4, -0.2) is 24.7 Å². The highest BCUT2D eigenvalue weighted by atomic mass is 127. The first-order chi connectivity index (χ1) is 9.58. The van der Waals surface area contributed by atoms with Gasteiger partial charge in [-0.15, -0.1) is 0 Å². The maximum absolute atomic E-state index is 13.8. The van der Waals surface area contributed by atoms with E-state index in [-0.39, 0.29) is 11.2 Å². The molecule has 0 bridgehead atoms. The molecule has 1 atom stereocenters. The molecule has 0 aliphatic heterocycles. The number of pyridine rings is 1. The van der Waals surface area contributed by atoms with Crippen LogP contribution in [-0.2, 0) is 0 Å². The summed E-state index contributed by atoms with van der Waals surface area (Å²) >= 11 is 7.94.